The summed E-state index contributed by atoms with van der Waals surface area (Å²) in [7, 11) is 0. The summed E-state index contributed by atoms with van der Waals surface area (Å²) in [5.74, 6) is -1.83. The van der Waals surface area contributed by atoms with Gasteiger partial charge in [-0.25, -0.2) is 0 Å². The lowest BCUT2D eigenvalue weighted by Crippen LogP contribution is -2.24. The molecular weight excluding hydrogens is 202 g/mol. The van der Waals surface area contributed by atoms with E-state index < -0.39 is 22.3 Å². The molecule has 0 atom stereocenters. The molecule has 0 bridgehead atoms. The molecule has 0 saturated carbocycles. The van der Waals surface area contributed by atoms with Crippen LogP contribution in [0.5, 0.6) is 5.75 Å². The highest BCUT2D eigenvalue weighted by Gasteiger charge is 2.17. The molecular formula is C9H8NO5-. The van der Waals surface area contributed by atoms with Crippen molar-refractivity contribution in [1.82, 2.24) is 0 Å². The number of aromatic hydroxyl groups is 1. The fraction of sp³-hybridized carbons (Fsp3) is 0.222. The number of carboxylic acid groups (broad SMARTS) is 1. The van der Waals surface area contributed by atoms with Gasteiger partial charge in [0.1, 0.15) is 0 Å². The highest BCUT2D eigenvalue weighted by atomic mass is 16.6. The second kappa shape index (κ2) is 3.95. The summed E-state index contributed by atoms with van der Waals surface area (Å²) in [6.45, 7) is 1.43. The van der Waals surface area contributed by atoms with Crippen LogP contribution in [0.4, 0.5) is 5.69 Å². The van der Waals surface area contributed by atoms with Crippen LogP contribution >= 0.6 is 0 Å². The van der Waals surface area contributed by atoms with Crippen LogP contribution in [0.15, 0.2) is 12.1 Å². The number of carbonyl (C=O) groups excluding carboxylic acids is 1. The Morgan fingerprint density at radius 1 is 1.53 bits per heavy atom. The molecule has 0 aliphatic carbocycles. The molecule has 0 amide bonds. The minimum absolute atomic E-state index is 0.219. The lowest BCUT2D eigenvalue weighted by atomic mass is 10.1. The van der Waals surface area contributed by atoms with E-state index in [9.17, 15) is 25.1 Å². The first kappa shape index (κ1) is 11.0. The molecule has 0 heterocycles. The van der Waals surface area contributed by atoms with Crippen molar-refractivity contribution in [3.05, 3.63) is 33.4 Å². The zero-order chi connectivity index (χ0) is 11.6. The Labute approximate surface area is 84.9 Å². The van der Waals surface area contributed by atoms with Gasteiger partial charge < -0.3 is 15.0 Å². The Morgan fingerprint density at radius 3 is 2.53 bits per heavy atom. The number of phenols is 1. The van der Waals surface area contributed by atoms with Crippen LogP contribution in [0.1, 0.15) is 11.1 Å². The van der Waals surface area contributed by atoms with Crippen LogP contribution < -0.4 is 5.11 Å². The van der Waals surface area contributed by atoms with Crippen molar-refractivity contribution in [3.8, 4) is 5.75 Å². The number of aryl methyl sites for hydroxylation is 1. The number of nitro groups is 1. The van der Waals surface area contributed by atoms with E-state index in [-0.39, 0.29) is 17.5 Å². The predicted molar refractivity (Wildman–Crippen MR) is 48.2 cm³/mol. The molecule has 1 aromatic rings. The number of benzene rings is 1. The van der Waals surface area contributed by atoms with Crippen LogP contribution in [0, 0.1) is 17.0 Å². The van der Waals surface area contributed by atoms with E-state index in [4.69, 9.17) is 0 Å². The van der Waals surface area contributed by atoms with Gasteiger partial charge in [-0.15, -0.1) is 0 Å². The van der Waals surface area contributed by atoms with Crippen molar-refractivity contribution in [2.75, 3.05) is 0 Å². The molecule has 0 saturated heterocycles. The number of hydrogen-bond donors (Lipinski definition) is 1. The number of rotatable bonds is 3. The monoisotopic (exact) mass is 210 g/mol. The number of nitro benzene ring substituents is 1. The predicted octanol–water partition coefficient (Wildman–Crippen LogP) is -0.0988. The minimum Gasteiger partial charge on any atom is -0.550 e. The van der Waals surface area contributed by atoms with Crippen LogP contribution in [0.2, 0.25) is 0 Å². The van der Waals surface area contributed by atoms with Crippen LogP contribution in [-0.4, -0.2) is 16.0 Å². The number of nitrogens with zero attached hydrogens (tertiary/aromatic N) is 1. The molecule has 1 N–H and O–H groups in total. The summed E-state index contributed by atoms with van der Waals surface area (Å²) >= 11 is 0. The molecule has 0 radical (unpaired) electrons. The summed E-state index contributed by atoms with van der Waals surface area (Å²) in [6, 6.07) is 2.40. The topological polar surface area (TPSA) is 104 Å². The molecule has 6 heteroatoms. The Balaban J connectivity index is 3.19. The quantitative estimate of drug-likeness (QED) is 0.554. The van der Waals surface area contributed by atoms with Crippen molar-refractivity contribution in [2.45, 2.75) is 13.3 Å². The fourth-order valence-corrected chi connectivity index (χ4v) is 1.34. The SMILES string of the molecule is Cc1cc(CC(=O)[O-])cc(O)c1[N+](=O)[O-]. The second-order valence-corrected chi connectivity index (χ2v) is 3.09. The van der Waals surface area contributed by atoms with E-state index in [1.807, 2.05) is 0 Å². The summed E-state index contributed by atoms with van der Waals surface area (Å²) in [4.78, 5) is 20.1. The first-order valence-electron chi connectivity index (χ1n) is 4.08. The Morgan fingerprint density at radius 2 is 2.13 bits per heavy atom. The molecule has 80 valence electrons. The van der Waals surface area contributed by atoms with Crippen molar-refractivity contribution in [1.29, 1.82) is 0 Å². The molecule has 0 aliphatic rings. The average molecular weight is 210 g/mol. The highest BCUT2D eigenvalue weighted by Crippen LogP contribution is 2.30. The standard InChI is InChI=1S/C9H9NO5/c1-5-2-6(4-8(12)13)3-7(11)9(5)10(14)15/h2-3,11H,4H2,1H3,(H,12,13)/p-1. The lowest BCUT2D eigenvalue weighted by Gasteiger charge is -2.05. The van der Waals surface area contributed by atoms with Gasteiger partial charge in [-0.1, -0.05) is 0 Å². The van der Waals surface area contributed by atoms with Gasteiger partial charge in [0, 0.05) is 18.0 Å². The van der Waals surface area contributed by atoms with Gasteiger partial charge in [0.05, 0.1) is 4.92 Å². The van der Waals surface area contributed by atoms with E-state index >= 15 is 0 Å². The maximum atomic E-state index is 10.5. The van der Waals surface area contributed by atoms with Gasteiger partial charge >= 0.3 is 5.69 Å². The van der Waals surface area contributed by atoms with Crippen molar-refractivity contribution >= 4 is 11.7 Å². The summed E-state index contributed by atoms with van der Waals surface area (Å²) < 4.78 is 0. The molecule has 1 aromatic carbocycles. The van der Waals surface area contributed by atoms with Gasteiger partial charge in [0.2, 0.25) is 0 Å². The first-order chi connectivity index (χ1) is 6.91. The van der Waals surface area contributed by atoms with Gasteiger partial charge in [-0.3, -0.25) is 10.1 Å². The van der Waals surface area contributed by atoms with E-state index in [1.54, 1.807) is 0 Å². The highest BCUT2D eigenvalue weighted by molar-refractivity contribution is 5.69. The maximum absolute atomic E-state index is 10.5. The Bertz CT molecular complexity index is 404. The third-order valence-corrected chi connectivity index (χ3v) is 1.87. The van der Waals surface area contributed by atoms with Crippen molar-refractivity contribution < 1.29 is 19.9 Å². The second-order valence-electron chi connectivity index (χ2n) is 3.09. The number of phenolic OH excluding ortho intramolecular Hbond substituents is 1. The normalized spacial score (nSPS) is 9.93. The van der Waals surface area contributed by atoms with E-state index in [1.165, 1.54) is 13.0 Å². The Hall–Kier alpha value is -2.11. The lowest BCUT2D eigenvalue weighted by molar-refractivity contribution is -0.386. The largest absolute Gasteiger partial charge is 0.550 e. The first-order valence-corrected chi connectivity index (χ1v) is 4.08. The number of carboxylic acids is 1. The van der Waals surface area contributed by atoms with Gasteiger partial charge in [-0.2, -0.15) is 0 Å². The molecule has 0 unspecified atom stereocenters. The average Bonchev–Trinajstić information content (AvgIpc) is 1.99. The van der Waals surface area contributed by atoms with Gasteiger partial charge in [-0.05, 0) is 24.6 Å². The zero-order valence-electron chi connectivity index (χ0n) is 7.89. The van der Waals surface area contributed by atoms with Crippen molar-refractivity contribution in [2.24, 2.45) is 0 Å². The van der Waals surface area contributed by atoms with Crippen LogP contribution in [0.3, 0.4) is 0 Å². The molecule has 0 aliphatic heterocycles. The van der Waals surface area contributed by atoms with E-state index in [0.29, 0.717) is 0 Å². The zero-order valence-corrected chi connectivity index (χ0v) is 7.89. The van der Waals surface area contributed by atoms with Crippen molar-refractivity contribution in [3.63, 3.8) is 0 Å². The molecule has 0 spiro atoms. The smallest absolute Gasteiger partial charge is 0.313 e. The van der Waals surface area contributed by atoms with Gasteiger partial charge in [0.25, 0.3) is 0 Å². The molecule has 0 fully saturated rings. The summed E-state index contributed by atoms with van der Waals surface area (Å²) in [6.07, 6.45) is -0.383. The fourth-order valence-electron chi connectivity index (χ4n) is 1.34. The van der Waals surface area contributed by atoms with Gasteiger partial charge in [0.15, 0.2) is 5.75 Å². The third kappa shape index (κ3) is 2.43. The maximum Gasteiger partial charge on any atom is 0.313 e. The number of aliphatic carboxylic acids is 1. The third-order valence-electron chi connectivity index (χ3n) is 1.87. The number of hydrogen-bond acceptors (Lipinski definition) is 5. The molecule has 6 nitrogen and oxygen atoms in total. The minimum atomic E-state index is -1.30. The van der Waals surface area contributed by atoms with Crippen LogP contribution in [-0.2, 0) is 11.2 Å². The summed E-state index contributed by atoms with van der Waals surface area (Å²) in [5, 5.41) is 30.1. The van der Waals surface area contributed by atoms with Crippen LogP contribution in [0.25, 0.3) is 0 Å². The summed E-state index contributed by atoms with van der Waals surface area (Å²) in [5.41, 5.74) is 0.0870. The molecule has 15 heavy (non-hydrogen) atoms. The van der Waals surface area contributed by atoms with E-state index in [2.05, 4.69) is 0 Å². The number of carbonyl (C=O) groups is 1. The van der Waals surface area contributed by atoms with E-state index in [0.717, 1.165) is 6.07 Å². The Kier molecular flexibility index (Phi) is 2.89. The molecule has 1 rings (SSSR count). The molecule has 0 aromatic heterocycles.